The van der Waals surface area contributed by atoms with Gasteiger partial charge < -0.3 is 10.1 Å². The Bertz CT molecular complexity index is 1040. The second-order valence-corrected chi connectivity index (χ2v) is 9.60. The monoisotopic (exact) mass is 470 g/mol. The average molecular weight is 471 g/mol. The maximum atomic E-state index is 12.6. The van der Waals surface area contributed by atoms with Crippen LogP contribution in [0.1, 0.15) is 23.2 Å². The van der Waals surface area contributed by atoms with Gasteiger partial charge in [0.1, 0.15) is 0 Å². The number of hydrogen-bond donors (Lipinski definition) is 1. The number of rotatable bonds is 8. The van der Waals surface area contributed by atoms with E-state index in [1.54, 1.807) is 12.1 Å². The van der Waals surface area contributed by atoms with E-state index in [2.05, 4.69) is 5.32 Å². The molecule has 11 heteroatoms. The van der Waals surface area contributed by atoms with Crippen molar-refractivity contribution >= 4 is 39.3 Å². The molecular formula is C20H20F2N2O5S2. The predicted octanol–water partition coefficient (Wildman–Crippen LogP) is 3.58. The highest BCUT2D eigenvalue weighted by Crippen LogP contribution is 2.31. The number of nitrogens with zero attached hydrogens (tertiary/aromatic N) is 1. The Hall–Kier alpha value is -2.50. The summed E-state index contributed by atoms with van der Waals surface area (Å²) in [5.74, 6) is -4.15. The zero-order chi connectivity index (χ0) is 22.4. The van der Waals surface area contributed by atoms with Gasteiger partial charge in [0.15, 0.2) is 6.61 Å². The molecule has 0 radical (unpaired) electrons. The van der Waals surface area contributed by atoms with Gasteiger partial charge in [0.25, 0.3) is 11.7 Å². The molecular weight excluding hydrogens is 450 g/mol. The molecule has 0 bridgehead atoms. The number of sulfonamides is 1. The molecule has 0 aliphatic carbocycles. The first kappa shape index (κ1) is 23.2. The first-order valence-corrected chi connectivity index (χ1v) is 11.7. The maximum Gasteiger partial charge on any atom is 0.338 e. The summed E-state index contributed by atoms with van der Waals surface area (Å²) in [4.78, 5) is 24.5. The van der Waals surface area contributed by atoms with Gasteiger partial charge in [-0.1, -0.05) is 23.9 Å². The Morgan fingerprint density at radius 1 is 1.06 bits per heavy atom. The SMILES string of the molecule is O=C(COC(=O)c1ccc(S(=O)(=O)N2CCCC2)cc1)Nc1ccccc1SC(F)F. The molecule has 1 N–H and O–H groups in total. The summed E-state index contributed by atoms with van der Waals surface area (Å²) in [5.41, 5.74) is 0.271. The molecule has 0 unspecified atom stereocenters. The van der Waals surface area contributed by atoms with Gasteiger partial charge in [0.05, 0.1) is 16.1 Å². The highest BCUT2D eigenvalue weighted by Gasteiger charge is 2.27. The Kier molecular flexibility index (Phi) is 7.63. The molecule has 0 spiro atoms. The van der Waals surface area contributed by atoms with Gasteiger partial charge in [-0.25, -0.2) is 13.2 Å². The number of thioether (sulfide) groups is 1. The number of carbonyl (C=O) groups is 2. The summed E-state index contributed by atoms with van der Waals surface area (Å²) in [5, 5.41) is 2.43. The van der Waals surface area contributed by atoms with E-state index in [9.17, 15) is 26.8 Å². The van der Waals surface area contributed by atoms with Crippen LogP contribution in [0, 0.1) is 0 Å². The van der Waals surface area contributed by atoms with Crippen LogP contribution in [0.25, 0.3) is 0 Å². The Balaban J connectivity index is 1.57. The van der Waals surface area contributed by atoms with E-state index in [1.165, 1.54) is 40.7 Å². The van der Waals surface area contributed by atoms with Crippen molar-refractivity contribution in [2.75, 3.05) is 25.0 Å². The number of esters is 1. The second-order valence-electron chi connectivity index (χ2n) is 6.63. The van der Waals surface area contributed by atoms with Crippen LogP contribution in [0.4, 0.5) is 14.5 Å². The van der Waals surface area contributed by atoms with Crippen molar-refractivity contribution in [3.8, 4) is 0 Å². The Morgan fingerprint density at radius 2 is 1.71 bits per heavy atom. The molecule has 2 aromatic rings. The lowest BCUT2D eigenvalue weighted by molar-refractivity contribution is -0.119. The Labute approximate surface area is 182 Å². The molecule has 1 aliphatic rings. The van der Waals surface area contributed by atoms with Crippen LogP contribution in [-0.4, -0.2) is 50.1 Å². The molecule has 1 aliphatic heterocycles. The molecule has 7 nitrogen and oxygen atoms in total. The molecule has 1 heterocycles. The van der Waals surface area contributed by atoms with Gasteiger partial charge in [0, 0.05) is 18.0 Å². The third-order valence-corrected chi connectivity index (χ3v) is 7.21. The van der Waals surface area contributed by atoms with Crippen molar-refractivity contribution in [1.29, 1.82) is 0 Å². The number of nitrogens with one attached hydrogen (secondary N) is 1. The predicted molar refractivity (Wildman–Crippen MR) is 112 cm³/mol. The number of alkyl halides is 2. The first-order chi connectivity index (χ1) is 14.8. The summed E-state index contributed by atoms with van der Waals surface area (Å²) >= 11 is 0.292. The van der Waals surface area contributed by atoms with Gasteiger partial charge in [-0.15, -0.1) is 0 Å². The summed E-state index contributed by atoms with van der Waals surface area (Å²) in [6, 6.07) is 11.3. The van der Waals surface area contributed by atoms with Gasteiger partial charge >= 0.3 is 5.97 Å². The molecule has 31 heavy (non-hydrogen) atoms. The fourth-order valence-corrected chi connectivity index (χ4v) is 5.12. The van der Waals surface area contributed by atoms with E-state index in [0.29, 0.717) is 24.9 Å². The van der Waals surface area contributed by atoms with Crippen LogP contribution >= 0.6 is 11.8 Å². The number of halogens is 2. The fraction of sp³-hybridized carbons (Fsp3) is 0.300. The van der Waals surface area contributed by atoms with E-state index < -0.39 is 34.3 Å². The van der Waals surface area contributed by atoms with Crippen LogP contribution < -0.4 is 5.32 Å². The van der Waals surface area contributed by atoms with Crippen molar-refractivity contribution < 1.29 is 31.5 Å². The molecule has 1 fully saturated rings. The third kappa shape index (κ3) is 6.02. The zero-order valence-corrected chi connectivity index (χ0v) is 17.9. The second kappa shape index (κ2) is 10.2. The molecule has 166 valence electrons. The van der Waals surface area contributed by atoms with Gasteiger partial charge in [0.2, 0.25) is 10.0 Å². The lowest BCUT2D eigenvalue weighted by atomic mass is 10.2. The van der Waals surface area contributed by atoms with Crippen LogP contribution in [0.15, 0.2) is 58.3 Å². The van der Waals surface area contributed by atoms with Gasteiger partial charge in [-0.2, -0.15) is 13.1 Å². The summed E-state index contributed by atoms with van der Waals surface area (Å²) in [6.45, 7) is 0.320. The molecule has 2 aromatic carbocycles. The number of para-hydroxylation sites is 1. The normalized spacial score (nSPS) is 14.5. The molecule has 1 amide bonds. The van der Waals surface area contributed by atoms with E-state index in [0.717, 1.165) is 12.8 Å². The van der Waals surface area contributed by atoms with E-state index in [4.69, 9.17) is 4.74 Å². The summed E-state index contributed by atoms with van der Waals surface area (Å²) < 4.78 is 56.6. The van der Waals surface area contributed by atoms with Crippen LogP contribution in [0.5, 0.6) is 0 Å². The average Bonchev–Trinajstić information content (AvgIpc) is 3.29. The van der Waals surface area contributed by atoms with Crippen molar-refractivity contribution in [3.63, 3.8) is 0 Å². The van der Waals surface area contributed by atoms with Crippen molar-refractivity contribution in [1.82, 2.24) is 4.31 Å². The lowest BCUT2D eigenvalue weighted by Gasteiger charge is -2.15. The molecule has 3 rings (SSSR count). The molecule has 0 atom stereocenters. The number of anilines is 1. The van der Waals surface area contributed by atoms with Crippen molar-refractivity contribution in [2.45, 2.75) is 28.4 Å². The lowest BCUT2D eigenvalue weighted by Crippen LogP contribution is -2.27. The third-order valence-electron chi connectivity index (χ3n) is 4.50. The van der Waals surface area contributed by atoms with E-state index in [-0.39, 0.29) is 21.0 Å². The maximum absolute atomic E-state index is 12.6. The largest absolute Gasteiger partial charge is 0.452 e. The fourth-order valence-electron chi connectivity index (χ4n) is 3.01. The van der Waals surface area contributed by atoms with Crippen molar-refractivity contribution in [3.05, 3.63) is 54.1 Å². The van der Waals surface area contributed by atoms with Crippen LogP contribution in [0.2, 0.25) is 0 Å². The zero-order valence-electron chi connectivity index (χ0n) is 16.3. The highest BCUT2D eigenvalue weighted by molar-refractivity contribution is 7.99. The molecule has 0 aromatic heterocycles. The molecule has 1 saturated heterocycles. The number of amides is 1. The highest BCUT2D eigenvalue weighted by atomic mass is 32.2. The minimum absolute atomic E-state index is 0.0804. The smallest absolute Gasteiger partial charge is 0.338 e. The first-order valence-electron chi connectivity index (χ1n) is 9.38. The van der Waals surface area contributed by atoms with Gasteiger partial charge in [-0.3, -0.25) is 4.79 Å². The van der Waals surface area contributed by atoms with Crippen molar-refractivity contribution in [2.24, 2.45) is 0 Å². The topological polar surface area (TPSA) is 92.8 Å². The van der Waals surface area contributed by atoms with Gasteiger partial charge in [-0.05, 0) is 49.2 Å². The summed E-state index contributed by atoms with van der Waals surface area (Å²) in [7, 11) is -3.59. The minimum atomic E-state index is -3.59. The Morgan fingerprint density at radius 3 is 2.35 bits per heavy atom. The number of benzene rings is 2. The quantitative estimate of drug-likeness (QED) is 0.468. The standard InChI is InChI=1S/C20H20F2N2O5S2/c21-20(22)30-17-6-2-1-5-16(17)23-18(25)13-29-19(26)14-7-9-15(10-8-14)31(27,28)24-11-3-4-12-24/h1-2,5-10,20H,3-4,11-13H2,(H,23,25). The van der Waals surface area contributed by atoms with Crippen LogP contribution in [-0.2, 0) is 19.6 Å². The minimum Gasteiger partial charge on any atom is -0.452 e. The summed E-state index contributed by atoms with van der Waals surface area (Å²) in [6.07, 6.45) is 1.63. The number of carbonyl (C=O) groups excluding carboxylic acids is 2. The van der Waals surface area contributed by atoms with E-state index >= 15 is 0 Å². The van der Waals surface area contributed by atoms with Crippen LogP contribution in [0.3, 0.4) is 0 Å². The number of hydrogen-bond acceptors (Lipinski definition) is 6. The molecule has 0 saturated carbocycles. The van der Waals surface area contributed by atoms with E-state index in [1.807, 2.05) is 0 Å². The number of ether oxygens (including phenoxy) is 1.